The van der Waals surface area contributed by atoms with E-state index in [0.717, 1.165) is 12.5 Å². The number of nitrogens with one attached hydrogen (secondary N) is 1. The largest absolute Gasteiger partial charge is 0.472 e. The molecule has 2 heterocycles. The Labute approximate surface area is 85.7 Å². The first-order valence-electron chi connectivity index (χ1n) is 5.51. The zero-order valence-electron chi connectivity index (χ0n) is 9.05. The van der Waals surface area contributed by atoms with Crippen molar-refractivity contribution < 1.29 is 4.42 Å². The fourth-order valence-electron chi connectivity index (χ4n) is 2.58. The van der Waals surface area contributed by atoms with Crippen molar-refractivity contribution in [1.29, 1.82) is 0 Å². The highest BCUT2D eigenvalue weighted by atomic mass is 16.3. The molecule has 2 nitrogen and oxygen atoms in total. The molecule has 0 radical (unpaired) electrons. The standard InChI is InChI=1S/C12H19NO/c1-10(2)8-12(5-3-6-13-12)11-4-7-14-9-11/h4,7,9-10,13H,3,5-6,8H2,1-2H3. The zero-order valence-corrected chi connectivity index (χ0v) is 9.05. The molecule has 1 aliphatic rings. The van der Waals surface area contributed by atoms with E-state index in [1.165, 1.54) is 24.8 Å². The van der Waals surface area contributed by atoms with Gasteiger partial charge in [-0.3, -0.25) is 0 Å². The zero-order chi connectivity index (χ0) is 10.0. The molecule has 1 saturated heterocycles. The summed E-state index contributed by atoms with van der Waals surface area (Å²) in [5.74, 6) is 0.718. The molecule has 0 aromatic carbocycles. The highest BCUT2D eigenvalue weighted by Gasteiger charge is 2.36. The Balaban J connectivity index is 2.22. The van der Waals surface area contributed by atoms with Crippen molar-refractivity contribution in [2.45, 2.75) is 38.6 Å². The van der Waals surface area contributed by atoms with Gasteiger partial charge in [-0.05, 0) is 37.8 Å². The summed E-state index contributed by atoms with van der Waals surface area (Å²) in [5, 5.41) is 3.64. The normalized spacial score (nSPS) is 27.4. The van der Waals surface area contributed by atoms with Crippen LogP contribution in [0, 0.1) is 5.92 Å². The summed E-state index contributed by atoms with van der Waals surface area (Å²) in [7, 11) is 0. The lowest BCUT2D eigenvalue weighted by atomic mass is 9.82. The monoisotopic (exact) mass is 193 g/mol. The number of rotatable bonds is 3. The maximum Gasteiger partial charge on any atom is 0.0953 e. The average molecular weight is 193 g/mol. The molecule has 1 aliphatic heterocycles. The molecule has 1 aromatic rings. The van der Waals surface area contributed by atoms with Crippen LogP contribution in [0.3, 0.4) is 0 Å². The van der Waals surface area contributed by atoms with Gasteiger partial charge in [0.05, 0.1) is 12.5 Å². The highest BCUT2D eigenvalue weighted by molar-refractivity contribution is 5.21. The minimum atomic E-state index is 0.196. The second-order valence-electron chi connectivity index (χ2n) is 4.72. The van der Waals surface area contributed by atoms with Crippen molar-refractivity contribution >= 4 is 0 Å². The van der Waals surface area contributed by atoms with Gasteiger partial charge in [-0.1, -0.05) is 13.8 Å². The topological polar surface area (TPSA) is 25.2 Å². The predicted octanol–water partition coefficient (Wildman–Crippen LogP) is 2.90. The molecule has 0 bridgehead atoms. The van der Waals surface area contributed by atoms with E-state index in [1.807, 2.05) is 6.26 Å². The quantitative estimate of drug-likeness (QED) is 0.798. The lowest BCUT2D eigenvalue weighted by Crippen LogP contribution is -2.37. The lowest BCUT2D eigenvalue weighted by Gasteiger charge is -2.30. The van der Waals surface area contributed by atoms with Crippen molar-refractivity contribution in [2.24, 2.45) is 5.92 Å². The van der Waals surface area contributed by atoms with Crippen LogP contribution in [0.25, 0.3) is 0 Å². The van der Waals surface area contributed by atoms with Crippen molar-refractivity contribution in [2.75, 3.05) is 6.54 Å². The Morgan fingerprint density at radius 2 is 2.43 bits per heavy atom. The van der Waals surface area contributed by atoms with Crippen molar-refractivity contribution in [3.05, 3.63) is 24.2 Å². The van der Waals surface area contributed by atoms with Gasteiger partial charge in [0, 0.05) is 11.1 Å². The molecule has 2 heteroatoms. The van der Waals surface area contributed by atoms with Gasteiger partial charge in [0.1, 0.15) is 0 Å². The van der Waals surface area contributed by atoms with E-state index in [-0.39, 0.29) is 5.54 Å². The van der Waals surface area contributed by atoms with Gasteiger partial charge >= 0.3 is 0 Å². The lowest BCUT2D eigenvalue weighted by molar-refractivity contribution is 0.308. The number of furan rings is 1. The fourth-order valence-corrected chi connectivity index (χ4v) is 2.58. The summed E-state index contributed by atoms with van der Waals surface area (Å²) in [6.07, 6.45) is 7.38. The molecular formula is C12H19NO. The SMILES string of the molecule is CC(C)CC1(c2ccoc2)CCCN1. The Hall–Kier alpha value is -0.760. The minimum absolute atomic E-state index is 0.196. The molecule has 0 spiro atoms. The third kappa shape index (κ3) is 1.71. The smallest absolute Gasteiger partial charge is 0.0953 e. The van der Waals surface area contributed by atoms with E-state index in [2.05, 4.69) is 25.2 Å². The average Bonchev–Trinajstić information content (AvgIpc) is 2.69. The molecule has 78 valence electrons. The third-order valence-corrected chi connectivity index (χ3v) is 3.07. The second kappa shape index (κ2) is 3.77. The van der Waals surface area contributed by atoms with E-state index >= 15 is 0 Å². The van der Waals surface area contributed by atoms with Gasteiger partial charge in [-0.2, -0.15) is 0 Å². The Morgan fingerprint density at radius 1 is 1.57 bits per heavy atom. The van der Waals surface area contributed by atoms with Gasteiger partial charge in [-0.25, -0.2) is 0 Å². The van der Waals surface area contributed by atoms with E-state index in [0.29, 0.717) is 0 Å². The summed E-state index contributed by atoms with van der Waals surface area (Å²) in [6.45, 7) is 5.70. The Morgan fingerprint density at radius 3 is 2.93 bits per heavy atom. The van der Waals surface area contributed by atoms with Crippen LogP contribution in [-0.4, -0.2) is 6.54 Å². The highest BCUT2D eigenvalue weighted by Crippen LogP contribution is 2.36. The van der Waals surface area contributed by atoms with E-state index in [9.17, 15) is 0 Å². The van der Waals surface area contributed by atoms with Crippen LogP contribution in [0.15, 0.2) is 23.0 Å². The first-order chi connectivity index (χ1) is 6.73. The van der Waals surface area contributed by atoms with Crippen LogP contribution in [-0.2, 0) is 5.54 Å². The maximum absolute atomic E-state index is 5.19. The molecule has 1 fully saturated rings. The molecule has 0 amide bonds. The fraction of sp³-hybridized carbons (Fsp3) is 0.667. The van der Waals surface area contributed by atoms with Crippen molar-refractivity contribution in [3.63, 3.8) is 0 Å². The summed E-state index contributed by atoms with van der Waals surface area (Å²) < 4.78 is 5.19. The molecule has 1 aromatic heterocycles. The summed E-state index contributed by atoms with van der Waals surface area (Å²) >= 11 is 0. The first-order valence-corrected chi connectivity index (χ1v) is 5.51. The summed E-state index contributed by atoms with van der Waals surface area (Å²) in [5.41, 5.74) is 1.52. The minimum Gasteiger partial charge on any atom is -0.472 e. The van der Waals surface area contributed by atoms with E-state index in [4.69, 9.17) is 4.42 Å². The number of hydrogen-bond donors (Lipinski definition) is 1. The molecule has 0 aliphatic carbocycles. The predicted molar refractivity (Wildman–Crippen MR) is 57.1 cm³/mol. The van der Waals surface area contributed by atoms with E-state index < -0.39 is 0 Å². The van der Waals surface area contributed by atoms with Crippen LogP contribution in [0.1, 0.15) is 38.7 Å². The molecular weight excluding hydrogens is 174 g/mol. The van der Waals surface area contributed by atoms with Gasteiger partial charge in [0.2, 0.25) is 0 Å². The molecule has 1 N–H and O–H groups in total. The maximum atomic E-state index is 5.19. The van der Waals surface area contributed by atoms with Gasteiger partial charge in [0.15, 0.2) is 0 Å². The number of hydrogen-bond acceptors (Lipinski definition) is 2. The third-order valence-electron chi connectivity index (χ3n) is 3.07. The van der Waals surface area contributed by atoms with Crippen LogP contribution in [0.5, 0.6) is 0 Å². The van der Waals surface area contributed by atoms with Gasteiger partial charge < -0.3 is 9.73 Å². The Bertz CT molecular complexity index is 271. The van der Waals surface area contributed by atoms with Crippen molar-refractivity contribution in [1.82, 2.24) is 5.32 Å². The first kappa shape index (κ1) is 9.78. The van der Waals surface area contributed by atoms with Crippen LogP contribution in [0.2, 0.25) is 0 Å². The second-order valence-corrected chi connectivity index (χ2v) is 4.72. The molecule has 14 heavy (non-hydrogen) atoms. The summed E-state index contributed by atoms with van der Waals surface area (Å²) in [4.78, 5) is 0. The Kier molecular flexibility index (Phi) is 2.64. The van der Waals surface area contributed by atoms with Gasteiger partial charge in [0.25, 0.3) is 0 Å². The van der Waals surface area contributed by atoms with E-state index in [1.54, 1.807) is 6.26 Å². The van der Waals surface area contributed by atoms with Crippen LogP contribution in [0.4, 0.5) is 0 Å². The molecule has 0 saturated carbocycles. The summed E-state index contributed by atoms with van der Waals surface area (Å²) in [6, 6.07) is 2.10. The molecule has 2 rings (SSSR count). The van der Waals surface area contributed by atoms with Gasteiger partial charge in [-0.15, -0.1) is 0 Å². The van der Waals surface area contributed by atoms with Crippen LogP contribution < -0.4 is 5.32 Å². The molecule has 1 unspecified atom stereocenters. The molecule has 1 atom stereocenters. The van der Waals surface area contributed by atoms with Crippen LogP contribution >= 0.6 is 0 Å². The van der Waals surface area contributed by atoms with Crippen molar-refractivity contribution in [3.8, 4) is 0 Å².